The van der Waals surface area contributed by atoms with Crippen molar-refractivity contribution in [2.45, 2.75) is 12.2 Å². The minimum atomic E-state index is -0.922. The molecule has 4 heteroatoms. The van der Waals surface area contributed by atoms with Gasteiger partial charge in [0.2, 0.25) is 0 Å². The number of fused-ring (bicyclic) bond motifs is 1. The number of nitrogens with two attached hydrogens (primary N) is 1. The van der Waals surface area contributed by atoms with Crippen molar-refractivity contribution in [3.8, 4) is 0 Å². The van der Waals surface area contributed by atoms with Gasteiger partial charge in [-0.15, -0.1) is 0 Å². The summed E-state index contributed by atoms with van der Waals surface area (Å²) >= 11 is 0. The Morgan fingerprint density at radius 1 is 1.31 bits per heavy atom. The first kappa shape index (κ1) is 11.1. The standard InChI is InChI=1S/C12H16N2O2/c1-14-5-4-8-6-9(2-3-10(8)14)12(16)11(15)7-13/h2-6,11-12,15-16H,7,13H2,1H3. The Balaban J connectivity index is 2.39. The molecular formula is C12H16N2O2. The second-order valence-electron chi connectivity index (χ2n) is 3.99. The van der Waals surface area contributed by atoms with Crippen molar-refractivity contribution in [1.29, 1.82) is 0 Å². The largest absolute Gasteiger partial charge is 0.389 e. The minimum Gasteiger partial charge on any atom is -0.389 e. The maximum Gasteiger partial charge on any atom is 0.106 e. The third-order valence-corrected chi connectivity index (χ3v) is 2.86. The van der Waals surface area contributed by atoms with Crippen LogP contribution < -0.4 is 5.73 Å². The van der Waals surface area contributed by atoms with Crippen LogP contribution in [0, 0.1) is 0 Å². The quantitative estimate of drug-likeness (QED) is 0.706. The van der Waals surface area contributed by atoms with Crippen molar-refractivity contribution < 1.29 is 10.2 Å². The molecule has 1 heterocycles. The minimum absolute atomic E-state index is 0.0496. The molecule has 2 aromatic rings. The fourth-order valence-electron chi connectivity index (χ4n) is 1.84. The molecule has 2 atom stereocenters. The second kappa shape index (κ2) is 4.25. The van der Waals surface area contributed by atoms with Crippen LogP contribution in [0.25, 0.3) is 10.9 Å². The fraction of sp³-hybridized carbons (Fsp3) is 0.333. The summed E-state index contributed by atoms with van der Waals surface area (Å²) in [6, 6.07) is 7.59. The molecule has 0 aliphatic heterocycles. The third kappa shape index (κ3) is 1.82. The topological polar surface area (TPSA) is 71.4 Å². The van der Waals surface area contributed by atoms with Crippen LogP contribution in [0.5, 0.6) is 0 Å². The number of nitrogens with zero attached hydrogens (tertiary/aromatic N) is 1. The molecule has 16 heavy (non-hydrogen) atoms. The fourth-order valence-corrected chi connectivity index (χ4v) is 1.84. The summed E-state index contributed by atoms with van der Waals surface area (Å²) in [4.78, 5) is 0. The van der Waals surface area contributed by atoms with E-state index in [0.29, 0.717) is 5.56 Å². The van der Waals surface area contributed by atoms with Gasteiger partial charge in [-0.25, -0.2) is 0 Å². The van der Waals surface area contributed by atoms with Crippen LogP contribution in [-0.2, 0) is 7.05 Å². The van der Waals surface area contributed by atoms with E-state index < -0.39 is 12.2 Å². The molecule has 2 unspecified atom stereocenters. The first-order chi connectivity index (χ1) is 7.63. The number of aliphatic hydroxyl groups excluding tert-OH is 2. The van der Waals surface area contributed by atoms with Crippen LogP contribution in [0.15, 0.2) is 30.5 Å². The van der Waals surface area contributed by atoms with Gasteiger partial charge in [0.1, 0.15) is 6.10 Å². The van der Waals surface area contributed by atoms with Gasteiger partial charge >= 0.3 is 0 Å². The number of aryl methyl sites for hydroxylation is 1. The zero-order valence-electron chi connectivity index (χ0n) is 9.17. The summed E-state index contributed by atoms with van der Waals surface area (Å²) in [5, 5.41) is 20.3. The molecule has 4 nitrogen and oxygen atoms in total. The van der Waals surface area contributed by atoms with E-state index >= 15 is 0 Å². The first-order valence-corrected chi connectivity index (χ1v) is 5.24. The summed E-state index contributed by atoms with van der Waals surface area (Å²) < 4.78 is 2.00. The summed E-state index contributed by atoms with van der Waals surface area (Å²) in [5.41, 5.74) is 7.10. The highest BCUT2D eigenvalue weighted by Crippen LogP contribution is 2.22. The molecule has 0 amide bonds. The summed E-state index contributed by atoms with van der Waals surface area (Å²) in [6.07, 6.45) is 0.121. The molecule has 0 radical (unpaired) electrons. The molecule has 0 fully saturated rings. The number of rotatable bonds is 3. The van der Waals surface area contributed by atoms with Crippen molar-refractivity contribution in [3.05, 3.63) is 36.0 Å². The molecule has 0 saturated heterocycles. The van der Waals surface area contributed by atoms with Crippen molar-refractivity contribution in [3.63, 3.8) is 0 Å². The molecule has 0 aliphatic carbocycles. The Labute approximate surface area is 93.9 Å². The number of hydrogen-bond acceptors (Lipinski definition) is 3. The van der Waals surface area contributed by atoms with Gasteiger partial charge in [0, 0.05) is 25.3 Å². The Hall–Kier alpha value is -1.36. The Morgan fingerprint density at radius 3 is 2.75 bits per heavy atom. The number of aliphatic hydroxyl groups is 2. The maximum atomic E-state index is 9.82. The zero-order chi connectivity index (χ0) is 11.7. The first-order valence-electron chi connectivity index (χ1n) is 5.24. The van der Waals surface area contributed by atoms with Crippen molar-refractivity contribution in [1.82, 2.24) is 4.57 Å². The van der Waals surface area contributed by atoms with E-state index in [1.807, 2.05) is 42.1 Å². The van der Waals surface area contributed by atoms with Gasteiger partial charge in [0.05, 0.1) is 6.10 Å². The van der Waals surface area contributed by atoms with Crippen molar-refractivity contribution in [2.75, 3.05) is 6.54 Å². The van der Waals surface area contributed by atoms with Gasteiger partial charge < -0.3 is 20.5 Å². The van der Waals surface area contributed by atoms with E-state index in [1.165, 1.54) is 0 Å². The molecule has 1 aromatic heterocycles. The SMILES string of the molecule is Cn1ccc2cc(C(O)C(O)CN)ccc21. The average molecular weight is 220 g/mol. The van der Waals surface area contributed by atoms with Crippen LogP contribution in [0.4, 0.5) is 0 Å². The molecule has 0 spiro atoms. The molecule has 0 aliphatic rings. The molecule has 0 saturated carbocycles. The second-order valence-corrected chi connectivity index (χ2v) is 3.99. The van der Waals surface area contributed by atoms with Crippen LogP contribution in [0.3, 0.4) is 0 Å². The molecule has 1 aromatic carbocycles. The highest BCUT2D eigenvalue weighted by Gasteiger charge is 2.17. The van der Waals surface area contributed by atoms with Crippen molar-refractivity contribution in [2.24, 2.45) is 12.8 Å². The number of hydrogen-bond donors (Lipinski definition) is 3. The predicted molar refractivity (Wildman–Crippen MR) is 62.9 cm³/mol. The van der Waals surface area contributed by atoms with Crippen LogP contribution in [0.2, 0.25) is 0 Å². The number of benzene rings is 1. The number of aromatic nitrogens is 1. The molecule has 0 bridgehead atoms. The lowest BCUT2D eigenvalue weighted by molar-refractivity contribution is 0.0244. The molecule has 86 valence electrons. The van der Waals surface area contributed by atoms with Gasteiger partial charge in [-0.1, -0.05) is 6.07 Å². The van der Waals surface area contributed by atoms with E-state index in [1.54, 1.807) is 0 Å². The maximum absolute atomic E-state index is 9.82. The summed E-state index contributed by atoms with van der Waals surface area (Å²) in [7, 11) is 1.97. The van der Waals surface area contributed by atoms with Gasteiger partial charge in [0.25, 0.3) is 0 Å². The van der Waals surface area contributed by atoms with Gasteiger partial charge in [-0.3, -0.25) is 0 Å². The molecular weight excluding hydrogens is 204 g/mol. The summed E-state index contributed by atoms with van der Waals surface area (Å²) in [6.45, 7) is 0.0496. The van der Waals surface area contributed by atoms with Gasteiger partial charge in [-0.05, 0) is 29.1 Å². The highest BCUT2D eigenvalue weighted by atomic mass is 16.3. The van der Waals surface area contributed by atoms with Crippen LogP contribution in [-0.4, -0.2) is 27.4 Å². The summed E-state index contributed by atoms with van der Waals surface area (Å²) in [5.74, 6) is 0. The molecule has 2 rings (SSSR count). The lowest BCUT2D eigenvalue weighted by atomic mass is 10.0. The average Bonchev–Trinajstić information content (AvgIpc) is 2.68. The molecule has 4 N–H and O–H groups in total. The van der Waals surface area contributed by atoms with Crippen LogP contribution in [0.1, 0.15) is 11.7 Å². The zero-order valence-corrected chi connectivity index (χ0v) is 9.17. The third-order valence-electron chi connectivity index (χ3n) is 2.86. The van der Waals surface area contributed by atoms with Crippen LogP contribution >= 0.6 is 0 Å². The highest BCUT2D eigenvalue weighted by molar-refractivity contribution is 5.80. The Morgan fingerprint density at radius 2 is 2.06 bits per heavy atom. The predicted octanol–water partition coefficient (Wildman–Crippen LogP) is 0.531. The Kier molecular flexibility index (Phi) is 2.96. The van der Waals surface area contributed by atoms with E-state index in [-0.39, 0.29) is 6.54 Å². The van der Waals surface area contributed by atoms with Gasteiger partial charge in [-0.2, -0.15) is 0 Å². The lowest BCUT2D eigenvalue weighted by Gasteiger charge is -2.16. The van der Waals surface area contributed by atoms with Crippen molar-refractivity contribution >= 4 is 10.9 Å². The smallest absolute Gasteiger partial charge is 0.106 e. The lowest BCUT2D eigenvalue weighted by Crippen LogP contribution is -2.27. The van der Waals surface area contributed by atoms with E-state index in [9.17, 15) is 10.2 Å². The Bertz CT molecular complexity index is 493. The van der Waals surface area contributed by atoms with E-state index in [0.717, 1.165) is 10.9 Å². The monoisotopic (exact) mass is 220 g/mol. The van der Waals surface area contributed by atoms with E-state index in [4.69, 9.17) is 5.73 Å². The van der Waals surface area contributed by atoms with E-state index in [2.05, 4.69) is 0 Å². The van der Waals surface area contributed by atoms with Gasteiger partial charge in [0.15, 0.2) is 0 Å². The normalized spacial score (nSPS) is 15.2.